The van der Waals surface area contributed by atoms with E-state index in [-0.39, 0.29) is 5.91 Å². The molecule has 0 saturated heterocycles. The summed E-state index contributed by atoms with van der Waals surface area (Å²) >= 11 is 0. The maximum atomic E-state index is 12.9. The first-order chi connectivity index (χ1) is 16.2. The number of benzene rings is 3. The summed E-state index contributed by atoms with van der Waals surface area (Å²) in [7, 11) is 3.20. The smallest absolute Gasteiger partial charge is 0.255 e. The largest absolute Gasteiger partial charge is 0.497 e. The van der Waals surface area contributed by atoms with Gasteiger partial charge in [-0.1, -0.05) is 12.1 Å². The molecule has 0 spiro atoms. The lowest BCUT2D eigenvalue weighted by Gasteiger charge is -2.23. The van der Waals surface area contributed by atoms with E-state index in [2.05, 4.69) is 33.0 Å². The minimum Gasteiger partial charge on any atom is -0.497 e. The monoisotopic (exact) mass is 442 g/mol. The summed E-state index contributed by atoms with van der Waals surface area (Å²) in [5, 5.41) is 3.00. The van der Waals surface area contributed by atoms with Gasteiger partial charge in [0.25, 0.3) is 5.91 Å². The van der Waals surface area contributed by atoms with Gasteiger partial charge < -0.3 is 24.3 Å². The third-order valence-electron chi connectivity index (χ3n) is 6.02. The number of carbonyl (C=O) groups is 1. The lowest BCUT2D eigenvalue weighted by molar-refractivity contribution is 0.102. The third-order valence-corrected chi connectivity index (χ3v) is 6.02. The Bertz CT molecular complexity index is 1300. The normalized spacial score (nSPS) is 13.3. The van der Waals surface area contributed by atoms with Gasteiger partial charge in [0.2, 0.25) is 0 Å². The molecule has 4 aromatic rings. The minimum atomic E-state index is -0.203. The van der Waals surface area contributed by atoms with Crippen molar-refractivity contribution < 1.29 is 14.3 Å². The van der Waals surface area contributed by atoms with Crippen molar-refractivity contribution in [2.45, 2.75) is 19.5 Å². The number of methoxy groups -OCH3 is 2. The first kappa shape index (κ1) is 20.9. The van der Waals surface area contributed by atoms with Crippen molar-refractivity contribution in [1.29, 1.82) is 0 Å². The van der Waals surface area contributed by atoms with Gasteiger partial charge in [0, 0.05) is 24.3 Å². The van der Waals surface area contributed by atoms with Crippen molar-refractivity contribution in [3.63, 3.8) is 0 Å². The lowest BCUT2D eigenvalue weighted by Crippen LogP contribution is -2.23. The number of anilines is 2. The van der Waals surface area contributed by atoms with Gasteiger partial charge in [-0.25, -0.2) is 4.98 Å². The standard InChI is InChI=1S/C26H26N4O3/c1-32-20-11-8-18(9-12-20)26(31)28-22-16-19(10-13-24(22)33-2)29-14-5-15-30-23-7-4-3-6-21(23)27-25(30)17-29/h3-4,6-13,16H,5,14-15,17H2,1-2H3,(H,28,31). The molecule has 1 aromatic heterocycles. The minimum absolute atomic E-state index is 0.203. The van der Waals surface area contributed by atoms with Crippen LogP contribution in [0.5, 0.6) is 11.5 Å². The summed E-state index contributed by atoms with van der Waals surface area (Å²) in [6.07, 6.45) is 1.01. The molecule has 3 aromatic carbocycles. The number of nitrogens with one attached hydrogen (secondary N) is 1. The number of amides is 1. The van der Waals surface area contributed by atoms with Gasteiger partial charge >= 0.3 is 0 Å². The summed E-state index contributed by atoms with van der Waals surface area (Å²) in [5.74, 6) is 2.17. The Morgan fingerprint density at radius 3 is 2.58 bits per heavy atom. The highest BCUT2D eigenvalue weighted by molar-refractivity contribution is 6.05. The van der Waals surface area contributed by atoms with Gasteiger partial charge in [-0.05, 0) is 61.0 Å². The van der Waals surface area contributed by atoms with Crippen LogP contribution < -0.4 is 19.7 Å². The molecule has 0 bridgehead atoms. The van der Waals surface area contributed by atoms with E-state index in [9.17, 15) is 4.79 Å². The molecule has 0 atom stereocenters. The molecular formula is C26H26N4O3. The van der Waals surface area contributed by atoms with Crippen molar-refractivity contribution >= 4 is 28.3 Å². The number of carbonyl (C=O) groups excluding carboxylic acids is 1. The number of aryl methyl sites for hydroxylation is 1. The molecule has 1 N–H and O–H groups in total. The molecule has 0 aliphatic carbocycles. The zero-order valence-corrected chi connectivity index (χ0v) is 18.7. The van der Waals surface area contributed by atoms with Crippen LogP contribution in [0.1, 0.15) is 22.6 Å². The van der Waals surface area contributed by atoms with Crippen molar-refractivity contribution in [2.75, 3.05) is 31.0 Å². The zero-order chi connectivity index (χ0) is 22.8. The fourth-order valence-corrected chi connectivity index (χ4v) is 4.31. The Kier molecular flexibility index (Phi) is 5.60. The summed E-state index contributed by atoms with van der Waals surface area (Å²) in [6, 6.07) is 21.2. The fourth-order valence-electron chi connectivity index (χ4n) is 4.31. The molecule has 0 saturated carbocycles. The number of hydrogen-bond donors (Lipinski definition) is 1. The van der Waals surface area contributed by atoms with E-state index in [4.69, 9.17) is 14.5 Å². The SMILES string of the molecule is COc1ccc(C(=O)Nc2cc(N3CCCn4c(nc5ccccc54)C3)ccc2OC)cc1. The van der Waals surface area contributed by atoms with Gasteiger partial charge in [0.1, 0.15) is 17.3 Å². The molecule has 5 rings (SSSR count). The molecule has 33 heavy (non-hydrogen) atoms. The fraction of sp³-hybridized carbons (Fsp3) is 0.231. The Morgan fingerprint density at radius 1 is 0.970 bits per heavy atom. The second-order valence-corrected chi connectivity index (χ2v) is 8.01. The van der Waals surface area contributed by atoms with E-state index in [0.717, 1.165) is 36.5 Å². The predicted octanol–water partition coefficient (Wildman–Crippen LogP) is 4.72. The lowest BCUT2D eigenvalue weighted by atomic mass is 10.2. The van der Waals surface area contributed by atoms with E-state index >= 15 is 0 Å². The van der Waals surface area contributed by atoms with E-state index < -0.39 is 0 Å². The molecular weight excluding hydrogens is 416 g/mol. The highest BCUT2D eigenvalue weighted by atomic mass is 16.5. The van der Waals surface area contributed by atoms with Crippen LogP contribution in [0.4, 0.5) is 11.4 Å². The van der Waals surface area contributed by atoms with Gasteiger partial charge in [0.15, 0.2) is 0 Å². The summed E-state index contributed by atoms with van der Waals surface area (Å²) in [5.41, 5.74) is 4.40. The van der Waals surface area contributed by atoms with Crippen molar-refractivity contribution in [2.24, 2.45) is 0 Å². The first-order valence-electron chi connectivity index (χ1n) is 11.0. The first-order valence-corrected chi connectivity index (χ1v) is 11.0. The van der Waals surface area contributed by atoms with Crippen LogP contribution >= 0.6 is 0 Å². The van der Waals surface area contributed by atoms with Crippen LogP contribution in [0, 0.1) is 0 Å². The van der Waals surface area contributed by atoms with Crippen LogP contribution in [0.25, 0.3) is 11.0 Å². The van der Waals surface area contributed by atoms with Gasteiger partial charge in [-0.3, -0.25) is 4.79 Å². The molecule has 2 heterocycles. The molecule has 0 unspecified atom stereocenters. The number of fused-ring (bicyclic) bond motifs is 3. The van der Waals surface area contributed by atoms with Crippen molar-refractivity contribution in [3.05, 3.63) is 78.1 Å². The van der Waals surface area contributed by atoms with Crippen LogP contribution in [0.2, 0.25) is 0 Å². The maximum Gasteiger partial charge on any atom is 0.255 e. The molecule has 1 aliphatic rings. The molecule has 7 nitrogen and oxygen atoms in total. The summed E-state index contributed by atoms with van der Waals surface area (Å²) in [6.45, 7) is 2.53. The maximum absolute atomic E-state index is 12.9. The molecule has 168 valence electrons. The topological polar surface area (TPSA) is 68.6 Å². The molecule has 7 heteroatoms. The Balaban J connectivity index is 1.41. The summed E-state index contributed by atoms with van der Waals surface area (Å²) < 4.78 is 13.0. The predicted molar refractivity (Wildman–Crippen MR) is 129 cm³/mol. The van der Waals surface area contributed by atoms with Crippen LogP contribution in [0.15, 0.2) is 66.7 Å². The van der Waals surface area contributed by atoms with E-state index in [1.165, 1.54) is 5.52 Å². The second-order valence-electron chi connectivity index (χ2n) is 8.01. The highest BCUT2D eigenvalue weighted by Gasteiger charge is 2.20. The Labute approximate surface area is 192 Å². The molecule has 0 fully saturated rings. The Morgan fingerprint density at radius 2 is 1.79 bits per heavy atom. The Hall–Kier alpha value is -4.00. The average Bonchev–Trinajstić information content (AvgIpc) is 3.06. The number of aromatic nitrogens is 2. The number of nitrogens with zero attached hydrogens (tertiary/aromatic N) is 3. The number of imidazole rings is 1. The van der Waals surface area contributed by atoms with Crippen molar-refractivity contribution in [3.8, 4) is 11.5 Å². The van der Waals surface area contributed by atoms with Crippen LogP contribution in [0.3, 0.4) is 0 Å². The van der Waals surface area contributed by atoms with E-state index in [1.807, 2.05) is 24.3 Å². The number of rotatable bonds is 5. The third kappa shape index (κ3) is 4.09. The average molecular weight is 443 g/mol. The molecule has 1 aliphatic heterocycles. The second kappa shape index (κ2) is 8.86. The zero-order valence-electron chi connectivity index (χ0n) is 18.7. The van der Waals surface area contributed by atoms with Gasteiger partial charge in [0.05, 0.1) is 37.5 Å². The van der Waals surface area contributed by atoms with E-state index in [1.54, 1.807) is 38.5 Å². The molecule has 0 radical (unpaired) electrons. The van der Waals surface area contributed by atoms with Gasteiger partial charge in [-0.15, -0.1) is 0 Å². The molecule has 1 amide bonds. The van der Waals surface area contributed by atoms with E-state index in [0.29, 0.717) is 29.3 Å². The number of para-hydroxylation sites is 2. The van der Waals surface area contributed by atoms with Gasteiger partial charge in [-0.2, -0.15) is 0 Å². The van der Waals surface area contributed by atoms with Crippen LogP contribution in [-0.4, -0.2) is 36.2 Å². The summed E-state index contributed by atoms with van der Waals surface area (Å²) in [4.78, 5) is 20.0. The van der Waals surface area contributed by atoms with Crippen LogP contribution in [-0.2, 0) is 13.1 Å². The number of ether oxygens (including phenoxy) is 2. The highest BCUT2D eigenvalue weighted by Crippen LogP contribution is 2.32. The number of hydrogen-bond acceptors (Lipinski definition) is 5. The quantitative estimate of drug-likeness (QED) is 0.485. The van der Waals surface area contributed by atoms with Crippen molar-refractivity contribution in [1.82, 2.24) is 9.55 Å².